The summed E-state index contributed by atoms with van der Waals surface area (Å²) in [6.07, 6.45) is 1.93. The van der Waals surface area contributed by atoms with Gasteiger partial charge in [0.1, 0.15) is 16.6 Å². The van der Waals surface area contributed by atoms with Gasteiger partial charge in [0.05, 0.1) is 0 Å². The largest absolute Gasteiger partial charge is 0.484 e. The van der Waals surface area contributed by atoms with E-state index in [0.717, 1.165) is 18.9 Å². The van der Waals surface area contributed by atoms with E-state index in [1.54, 1.807) is 0 Å². The van der Waals surface area contributed by atoms with Gasteiger partial charge in [0.15, 0.2) is 6.61 Å². The minimum Gasteiger partial charge on any atom is -0.484 e. The molecule has 0 bridgehead atoms. The number of nitrogens with one attached hydrogen (secondary N) is 1. The summed E-state index contributed by atoms with van der Waals surface area (Å²) in [5.41, 5.74) is 5.50. The number of amides is 1. The molecule has 0 aliphatic heterocycles. The summed E-state index contributed by atoms with van der Waals surface area (Å²) in [6.45, 7) is 2.51. The van der Waals surface area contributed by atoms with E-state index in [0.29, 0.717) is 6.54 Å². The molecule has 6 heteroatoms. The predicted octanol–water partition coefficient (Wildman–Crippen LogP) is 1.75. The van der Waals surface area contributed by atoms with Gasteiger partial charge in [-0.05, 0) is 18.6 Å². The van der Waals surface area contributed by atoms with Crippen LogP contribution in [-0.4, -0.2) is 24.0 Å². The highest BCUT2D eigenvalue weighted by Gasteiger charge is 2.08. The van der Waals surface area contributed by atoms with Gasteiger partial charge in [0.25, 0.3) is 5.91 Å². The van der Waals surface area contributed by atoms with Crippen LogP contribution in [-0.2, 0) is 4.79 Å². The zero-order valence-corrected chi connectivity index (χ0v) is 11.6. The van der Waals surface area contributed by atoms with E-state index in [1.807, 2.05) is 6.92 Å². The molecule has 1 amide bonds. The predicted molar refractivity (Wildman–Crippen MR) is 75.7 cm³/mol. The Kier molecular flexibility index (Phi) is 6.21. The fraction of sp³-hybridized carbons (Fsp3) is 0.385. The van der Waals surface area contributed by atoms with Crippen LogP contribution in [0.3, 0.4) is 0 Å². The van der Waals surface area contributed by atoms with E-state index in [4.69, 9.17) is 22.7 Å². The molecule has 0 fully saturated rings. The highest BCUT2D eigenvalue weighted by atomic mass is 32.1. The molecular formula is C13H17FN2O2S. The van der Waals surface area contributed by atoms with E-state index < -0.39 is 5.82 Å². The summed E-state index contributed by atoms with van der Waals surface area (Å²) >= 11 is 4.69. The molecule has 0 atom stereocenters. The van der Waals surface area contributed by atoms with Crippen molar-refractivity contribution in [3.8, 4) is 5.75 Å². The van der Waals surface area contributed by atoms with Crippen LogP contribution in [0.2, 0.25) is 0 Å². The Morgan fingerprint density at radius 2 is 2.26 bits per heavy atom. The van der Waals surface area contributed by atoms with E-state index in [1.165, 1.54) is 12.1 Å². The smallest absolute Gasteiger partial charge is 0.257 e. The fourth-order valence-electron chi connectivity index (χ4n) is 1.39. The van der Waals surface area contributed by atoms with Gasteiger partial charge >= 0.3 is 0 Å². The lowest BCUT2D eigenvalue weighted by atomic mass is 10.2. The van der Waals surface area contributed by atoms with Crippen molar-refractivity contribution in [2.45, 2.75) is 19.8 Å². The third-order valence-electron chi connectivity index (χ3n) is 2.43. The minimum absolute atomic E-state index is 0.0126. The number of ether oxygens (including phenoxy) is 1. The molecule has 1 rings (SSSR count). The van der Waals surface area contributed by atoms with Gasteiger partial charge in [-0.15, -0.1) is 0 Å². The first-order valence-corrected chi connectivity index (χ1v) is 6.44. The first kappa shape index (κ1) is 15.4. The maximum Gasteiger partial charge on any atom is 0.257 e. The standard InChI is InChI=1S/C13H17FN2O2S/c1-2-3-6-16-12(17)8-18-9-4-5-10(13(15)19)11(14)7-9/h4-5,7H,2-3,6,8H2,1H3,(H2,15,19)(H,16,17). The summed E-state index contributed by atoms with van der Waals surface area (Å²) < 4.78 is 18.7. The van der Waals surface area contributed by atoms with Crippen LogP contribution >= 0.6 is 12.2 Å². The molecule has 0 heterocycles. The first-order chi connectivity index (χ1) is 9.04. The molecule has 0 saturated carbocycles. The number of hydrogen-bond donors (Lipinski definition) is 2. The number of unbranched alkanes of at least 4 members (excludes halogenated alkanes) is 1. The van der Waals surface area contributed by atoms with Crippen LogP contribution in [0.1, 0.15) is 25.3 Å². The van der Waals surface area contributed by atoms with Crippen LogP contribution < -0.4 is 15.8 Å². The molecule has 19 heavy (non-hydrogen) atoms. The second kappa shape index (κ2) is 7.68. The van der Waals surface area contributed by atoms with E-state index in [-0.39, 0.29) is 28.8 Å². The average Bonchev–Trinajstić information content (AvgIpc) is 2.36. The third kappa shape index (κ3) is 5.21. The first-order valence-electron chi connectivity index (χ1n) is 6.03. The Morgan fingerprint density at radius 1 is 1.53 bits per heavy atom. The van der Waals surface area contributed by atoms with Crippen molar-refractivity contribution >= 4 is 23.1 Å². The zero-order chi connectivity index (χ0) is 14.3. The average molecular weight is 284 g/mol. The normalized spacial score (nSPS) is 10.0. The quantitative estimate of drug-likeness (QED) is 0.591. The number of rotatable bonds is 7. The number of nitrogens with two attached hydrogens (primary N) is 1. The van der Waals surface area contributed by atoms with Crippen LogP contribution in [0.5, 0.6) is 5.75 Å². The Balaban J connectivity index is 2.48. The fourth-order valence-corrected chi connectivity index (χ4v) is 1.56. The number of benzene rings is 1. The van der Waals surface area contributed by atoms with Crippen LogP contribution in [0, 0.1) is 5.82 Å². The van der Waals surface area contributed by atoms with Gasteiger partial charge in [-0.2, -0.15) is 0 Å². The van der Waals surface area contributed by atoms with E-state index in [9.17, 15) is 9.18 Å². The van der Waals surface area contributed by atoms with Crippen molar-refractivity contribution in [2.24, 2.45) is 5.73 Å². The maximum absolute atomic E-state index is 13.5. The molecule has 0 aliphatic carbocycles. The number of hydrogen-bond acceptors (Lipinski definition) is 3. The molecular weight excluding hydrogens is 267 g/mol. The van der Waals surface area contributed by atoms with E-state index in [2.05, 4.69) is 5.32 Å². The van der Waals surface area contributed by atoms with Crippen LogP contribution in [0.25, 0.3) is 0 Å². The van der Waals surface area contributed by atoms with Gasteiger partial charge in [-0.3, -0.25) is 4.79 Å². The number of thiocarbonyl (C=S) groups is 1. The Bertz CT molecular complexity index is 466. The Labute approximate surface area is 117 Å². The summed E-state index contributed by atoms with van der Waals surface area (Å²) in [5.74, 6) is -0.521. The topological polar surface area (TPSA) is 64.3 Å². The van der Waals surface area contributed by atoms with Crippen molar-refractivity contribution in [3.05, 3.63) is 29.6 Å². The molecule has 4 nitrogen and oxygen atoms in total. The molecule has 0 unspecified atom stereocenters. The van der Waals surface area contributed by atoms with Crippen molar-refractivity contribution in [2.75, 3.05) is 13.2 Å². The maximum atomic E-state index is 13.5. The Morgan fingerprint density at radius 3 is 2.84 bits per heavy atom. The Hall–Kier alpha value is -1.69. The molecule has 3 N–H and O–H groups in total. The van der Waals surface area contributed by atoms with E-state index >= 15 is 0 Å². The van der Waals surface area contributed by atoms with Gasteiger partial charge in [-0.25, -0.2) is 4.39 Å². The van der Waals surface area contributed by atoms with Gasteiger partial charge in [0, 0.05) is 18.2 Å². The number of carbonyl (C=O) groups is 1. The molecule has 0 radical (unpaired) electrons. The molecule has 1 aromatic carbocycles. The SMILES string of the molecule is CCCCNC(=O)COc1ccc(C(N)=S)c(F)c1. The molecule has 0 aliphatic rings. The number of halogens is 1. The van der Waals surface area contributed by atoms with Gasteiger partial charge < -0.3 is 15.8 Å². The summed E-state index contributed by atoms with van der Waals surface area (Å²) in [4.78, 5) is 11.4. The van der Waals surface area contributed by atoms with Crippen LogP contribution in [0.4, 0.5) is 4.39 Å². The molecule has 0 spiro atoms. The third-order valence-corrected chi connectivity index (χ3v) is 2.65. The molecule has 1 aromatic rings. The van der Waals surface area contributed by atoms with Gasteiger partial charge in [-0.1, -0.05) is 25.6 Å². The van der Waals surface area contributed by atoms with Crippen molar-refractivity contribution in [3.63, 3.8) is 0 Å². The summed E-state index contributed by atoms with van der Waals surface area (Å²) in [6, 6.07) is 4.12. The zero-order valence-electron chi connectivity index (χ0n) is 10.7. The minimum atomic E-state index is -0.559. The lowest BCUT2D eigenvalue weighted by Crippen LogP contribution is -2.29. The summed E-state index contributed by atoms with van der Waals surface area (Å²) in [7, 11) is 0. The highest BCUT2D eigenvalue weighted by molar-refractivity contribution is 7.80. The van der Waals surface area contributed by atoms with Crippen molar-refractivity contribution < 1.29 is 13.9 Å². The molecule has 104 valence electrons. The second-order valence-corrected chi connectivity index (χ2v) is 4.44. The van der Waals surface area contributed by atoms with Crippen molar-refractivity contribution in [1.29, 1.82) is 0 Å². The van der Waals surface area contributed by atoms with Gasteiger partial charge in [0.2, 0.25) is 0 Å². The lowest BCUT2D eigenvalue weighted by Gasteiger charge is -2.08. The molecule has 0 saturated heterocycles. The lowest BCUT2D eigenvalue weighted by molar-refractivity contribution is -0.123. The molecule has 0 aromatic heterocycles. The summed E-state index contributed by atoms with van der Waals surface area (Å²) in [5, 5.41) is 2.70. The second-order valence-electron chi connectivity index (χ2n) is 4.00. The number of carbonyl (C=O) groups excluding carboxylic acids is 1. The van der Waals surface area contributed by atoms with Crippen molar-refractivity contribution in [1.82, 2.24) is 5.32 Å². The highest BCUT2D eigenvalue weighted by Crippen LogP contribution is 2.16. The monoisotopic (exact) mass is 284 g/mol. The van der Waals surface area contributed by atoms with Crippen LogP contribution in [0.15, 0.2) is 18.2 Å².